The van der Waals surface area contributed by atoms with E-state index in [0.717, 1.165) is 11.3 Å². The molecule has 1 aliphatic heterocycles. The first-order chi connectivity index (χ1) is 11.2. The normalized spacial score (nSPS) is 14.2. The number of phenolic OH excluding ortho intramolecular Hbond substituents is 1. The average molecular weight is 310 g/mol. The van der Waals surface area contributed by atoms with Crippen molar-refractivity contribution in [2.45, 2.75) is 6.54 Å². The summed E-state index contributed by atoms with van der Waals surface area (Å²) in [5, 5.41) is 9.59. The van der Waals surface area contributed by atoms with E-state index in [0.29, 0.717) is 18.8 Å². The summed E-state index contributed by atoms with van der Waals surface area (Å²) in [7, 11) is 1.63. The second-order valence-electron chi connectivity index (χ2n) is 5.29. The number of phenols is 1. The van der Waals surface area contributed by atoms with Crippen molar-refractivity contribution in [2.75, 3.05) is 18.6 Å². The molecule has 1 aliphatic rings. The van der Waals surface area contributed by atoms with E-state index >= 15 is 0 Å². The van der Waals surface area contributed by atoms with E-state index < -0.39 is 0 Å². The molecule has 1 N–H and O–H groups in total. The Labute approximate surface area is 135 Å². The second-order valence-corrected chi connectivity index (χ2v) is 5.29. The third kappa shape index (κ3) is 3.29. The molecule has 0 atom stereocenters. The Kier molecular flexibility index (Phi) is 4.19. The standard InChI is InChI=1S/C18H18N2O3/c1-23-17-8-6-14(7-9-17)13-19-10-3-11-20(18(19)22)15-4-2-5-16(21)12-15/h2-9,11-12,21H,10,13H2,1H3. The second kappa shape index (κ2) is 6.44. The number of carbonyl (C=O) groups is 1. The highest BCUT2D eigenvalue weighted by molar-refractivity contribution is 5.95. The maximum atomic E-state index is 12.7. The Morgan fingerprint density at radius 1 is 1.17 bits per heavy atom. The molecule has 5 heteroatoms. The highest BCUT2D eigenvalue weighted by atomic mass is 16.5. The number of methoxy groups -OCH3 is 1. The summed E-state index contributed by atoms with van der Waals surface area (Å²) >= 11 is 0. The molecule has 0 radical (unpaired) electrons. The van der Waals surface area contributed by atoms with E-state index in [1.807, 2.05) is 30.3 Å². The zero-order valence-corrected chi connectivity index (χ0v) is 12.8. The number of aromatic hydroxyl groups is 1. The summed E-state index contributed by atoms with van der Waals surface area (Å²) in [6, 6.07) is 14.2. The SMILES string of the molecule is COc1ccc(CN2CC=CN(c3cccc(O)c3)C2=O)cc1. The molecule has 0 aromatic heterocycles. The van der Waals surface area contributed by atoms with Crippen LogP contribution in [-0.2, 0) is 6.54 Å². The van der Waals surface area contributed by atoms with Gasteiger partial charge in [0.25, 0.3) is 0 Å². The molecule has 0 unspecified atom stereocenters. The molecular formula is C18H18N2O3. The first kappa shape index (κ1) is 15.0. The minimum atomic E-state index is -0.117. The molecular weight excluding hydrogens is 292 g/mol. The van der Waals surface area contributed by atoms with Gasteiger partial charge in [-0.15, -0.1) is 0 Å². The van der Waals surface area contributed by atoms with Gasteiger partial charge < -0.3 is 14.7 Å². The molecule has 0 aliphatic carbocycles. The first-order valence-electron chi connectivity index (χ1n) is 7.34. The van der Waals surface area contributed by atoms with Crippen molar-refractivity contribution in [3.63, 3.8) is 0 Å². The number of rotatable bonds is 4. The molecule has 0 fully saturated rings. The van der Waals surface area contributed by atoms with Gasteiger partial charge in [-0.1, -0.05) is 18.2 Å². The maximum absolute atomic E-state index is 12.7. The fourth-order valence-corrected chi connectivity index (χ4v) is 2.50. The summed E-state index contributed by atoms with van der Waals surface area (Å²) in [5.74, 6) is 0.927. The smallest absolute Gasteiger partial charge is 0.329 e. The predicted molar refractivity (Wildman–Crippen MR) is 88.5 cm³/mol. The number of amides is 2. The van der Waals surface area contributed by atoms with Crippen LogP contribution in [-0.4, -0.2) is 29.7 Å². The van der Waals surface area contributed by atoms with Gasteiger partial charge in [-0.25, -0.2) is 4.79 Å². The number of anilines is 1. The monoisotopic (exact) mass is 310 g/mol. The Morgan fingerprint density at radius 2 is 1.96 bits per heavy atom. The zero-order valence-electron chi connectivity index (χ0n) is 12.8. The molecule has 3 rings (SSSR count). The molecule has 2 aromatic carbocycles. The van der Waals surface area contributed by atoms with Gasteiger partial charge in [0.1, 0.15) is 11.5 Å². The lowest BCUT2D eigenvalue weighted by Crippen LogP contribution is -2.43. The van der Waals surface area contributed by atoms with Crippen LogP contribution in [0.5, 0.6) is 11.5 Å². The van der Waals surface area contributed by atoms with Crippen LogP contribution in [0.4, 0.5) is 10.5 Å². The van der Waals surface area contributed by atoms with E-state index in [1.165, 1.54) is 4.90 Å². The number of hydrogen-bond acceptors (Lipinski definition) is 3. The van der Waals surface area contributed by atoms with Crippen molar-refractivity contribution in [3.8, 4) is 11.5 Å². The number of carbonyl (C=O) groups excluding carboxylic acids is 1. The average Bonchev–Trinajstić information content (AvgIpc) is 2.57. The van der Waals surface area contributed by atoms with Gasteiger partial charge in [0, 0.05) is 25.4 Å². The number of nitrogens with zero attached hydrogens (tertiary/aromatic N) is 2. The molecule has 0 saturated heterocycles. The number of benzene rings is 2. The zero-order chi connectivity index (χ0) is 16.2. The number of hydrogen-bond donors (Lipinski definition) is 1. The highest BCUT2D eigenvalue weighted by Gasteiger charge is 2.23. The van der Waals surface area contributed by atoms with Gasteiger partial charge in [0.05, 0.1) is 12.8 Å². The molecule has 2 aromatic rings. The molecule has 5 nitrogen and oxygen atoms in total. The van der Waals surface area contributed by atoms with Crippen LogP contribution >= 0.6 is 0 Å². The highest BCUT2D eigenvalue weighted by Crippen LogP contribution is 2.24. The molecule has 0 bridgehead atoms. The van der Waals surface area contributed by atoms with Gasteiger partial charge in [-0.2, -0.15) is 0 Å². The Hall–Kier alpha value is -2.95. The van der Waals surface area contributed by atoms with Gasteiger partial charge in [-0.3, -0.25) is 4.90 Å². The quantitative estimate of drug-likeness (QED) is 0.942. The predicted octanol–water partition coefficient (Wildman–Crippen LogP) is 3.36. The maximum Gasteiger partial charge on any atom is 0.329 e. The van der Waals surface area contributed by atoms with Crippen molar-refractivity contribution in [1.82, 2.24) is 4.90 Å². The molecule has 0 spiro atoms. The Balaban J connectivity index is 1.76. The molecule has 118 valence electrons. The van der Waals surface area contributed by atoms with Crippen LogP contribution in [0.1, 0.15) is 5.56 Å². The third-order valence-corrected chi connectivity index (χ3v) is 3.70. The van der Waals surface area contributed by atoms with E-state index in [1.54, 1.807) is 42.5 Å². The number of urea groups is 1. The van der Waals surface area contributed by atoms with Gasteiger partial charge in [0.15, 0.2) is 0 Å². The van der Waals surface area contributed by atoms with Crippen molar-refractivity contribution in [1.29, 1.82) is 0 Å². The lowest BCUT2D eigenvalue weighted by Gasteiger charge is -2.31. The fraction of sp³-hybridized carbons (Fsp3) is 0.167. The van der Waals surface area contributed by atoms with E-state index in [9.17, 15) is 9.90 Å². The van der Waals surface area contributed by atoms with Crippen molar-refractivity contribution < 1.29 is 14.6 Å². The van der Waals surface area contributed by atoms with Gasteiger partial charge in [0.2, 0.25) is 0 Å². The van der Waals surface area contributed by atoms with Crippen LogP contribution < -0.4 is 9.64 Å². The summed E-state index contributed by atoms with van der Waals surface area (Å²) in [6.45, 7) is 1.07. The lowest BCUT2D eigenvalue weighted by molar-refractivity contribution is 0.208. The van der Waals surface area contributed by atoms with Crippen molar-refractivity contribution >= 4 is 11.7 Å². The van der Waals surface area contributed by atoms with Gasteiger partial charge in [-0.05, 0) is 35.9 Å². The minimum Gasteiger partial charge on any atom is -0.508 e. The molecule has 0 saturated carbocycles. The van der Waals surface area contributed by atoms with E-state index in [2.05, 4.69) is 0 Å². The Bertz CT molecular complexity index is 725. The van der Waals surface area contributed by atoms with Crippen LogP contribution in [0.25, 0.3) is 0 Å². The van der Waals surface area contributed by atoms with Crippen LogP contribution in [0.2, 0.25) is 0 Å². The van der Waals surface area contributed by atoms with E-state index in [-0.39, 0.29) is 11.8 Å². The summed E-state index contributed by atoms with van der Waals surface area (Å²) in [5.41, 5.74) is 1.68. The van der Waals surface area contributed by atoms with Crippen LogP contribution in [0.15, 0.2) is 60.8 Å². The van der Waals surface area contributed by atoms with Crippen LogP contribution in [0, 0.1) is 0 Å². The van der Waals surface area contributed by atoms with Gasteiger partial charge >= 0.3 is 6.03 Å². The fourth-order valence-electron chi connectivity index (χ4n) is 2.50. The summed E-state index contributed by atoms with van der Waals surface area (Å²) in [6.07, 6.45) is 3.66. The van der Waals surface area contributed by atoms with Crippen molar-refractivity contribution in [3.05, 3.63) is 66.4 Å². The lowest BCUT2D eigenvalue weighted by atomic mass is 10.2. The van der Waals surface area contributed by atoms with E-state index in [4.69, 9.17) is 4.74 Å². The molecule has 23 heavy (non-hydrogen) atoms. The minimum absolute atomic E-state index is 0.117. The summed E-state index contributed by atoms with van der Waals surface area (Å²) < 4.78 is 5.14. The topological polar surface area (TPSA) is 53.0 Å². The molecule has 2 amide bonds. The third-order valence-electron chi connectivity index (χ3n) is 3.70. The molecule has 1 heterocycles. The van der Waals surface area contributed by atoms with Crippen molar-refractivity contribution in [2.24, 2.45) is 0 Å². The Morgan fingerprint density at radius 3 is 2.65 bits per heavy atom. The van der Waals surface area contributed by atoms with Crippen LogP contribution in [0.3, 0.4) is 0 Å². The summed E-state index contributed by atoms with van der Waals surface area (Å²) in [4.78, 5) is 15.9. The first-order valence-corrected chi connectivity index (χ1v) is 7.34. The largest absolute Gasteiger partial charge is 0.508 e. The number of ether oxygens (including phenoxy) is 1.